The molecule has 2 aromatic carbocycles. The van der Waals surface area contributed by atoms with E-state index in [1.165, 1.54) is 4.90 Å². The van der Waals surface area contributed by atoms with Crippen LogP contribution < -0.4 is 15.0 Å². The van der Waals surface area contributed by atoms with Gasteiger partial charge in [0, 0.05) is 5.56 Å². The zero-order valence-corrected chi connectivity index (χ0v) is 15.4. The second-order valence-corrected chi connectivity index (χ2v) is 6.27. The average molecular weight is 373 g/mol. The summed E-state index contributed by atoms with van der Waals surface area (Å²) in [6, 6.07) is 13.2. The summed E-state index contributed by atoms with van der Waals surface area (Å²) in [5.74, 6) is 0.873. The first-order valence-electron chi connectivity index (χ1n) is 7.70. The van der Waals surface area contributed by atoms with Crippen molar-refractivity contribution in [3.63, 3.8) is 0 Å². The summed E-state index contributed by atoms with van der Waals surface area (Å²) in [5.41, 5.74) is 3.91. The van der Waals surface area contributed by atoms with Gasteiger partial charge in [0.15, 0.2) is 5.11 Å². The molecule has 1 fully saturated rings. The third kappa shape index (κ3) is 3.38. The molecule has 0 aliphatic carbocycles. The van der Waals surface area contributed by atoms with E-state index >= 15 is 0 Å². The monoisotopic (exact) mass is 372 g/mol. The first kappa shape index (κ1) is 17.5. The lowest BCUT2D eigenvalue weighted by Crippen LogP contribution is -2.30. The Morgan fingerprint density at radius 1 is 1.28 bits per heavy atom. The van der Waals surface area contributed by atoms with Gasteiger partial charge in [0.05, 0.1) is 18.7 Å². The van der Waals surface area contributed by atoms with Gasteiger partial charge >= 0.3 is 0 Å². The summed E-state index contributed by atoms with van der Waals surface area (Å²) < 4.78 is 5.27. The van der Waals surface area contributed by atoms with Crippen LogP contribution in [0.25, 0.3) is 6.08 Å². The number of para-hydroxylation sites is 1. The van der Waals surface area contributed by atoms with E-state index in [1.807, 2.05) is 49.4 Å². The van der Waals surface area contributed by atoms with Crippen LogP contribution in [0.15, 0.2) is 48.2 Å². The molecule has 4 nitrogen and oxygen atoms in total. The molecule has 1 saturated heterocycles. The van der Waals surface area contributed by atoms with Gasteiger partial charge in [0.1, 0.15) is 11.4 Å². The van der Waals surface area contributed by atoms with Crippen LogP contribution in [0.2, 0.25) is 0 Å². The van der Waals surface area contributed by atoms with Gasteiger partial charge < -0.3 is 10.1 Å². The van der Waals surface area contributed by atoms with E-state index in [4.69, 9.17) is 28.6 Å². The Balaban J connectivity index is 1.95. The van der Waals surface area contributed by atoms with E-state index in [0.717, 1.165) is 28.1 Å². The number of methoxy groups -OCH3 is 1. The lowest BCUT2D eigenvalue weighted by Gasteiger charge is -2.16. The molecule has 0 saturated carbocycles. The Hall–Kier alpha value is -2.37. The molecule has 1 amide bonds. The van der Waals surface area contributed by atoms with Gasteiger partial charge in [-0.2, -0.15) is 0 Å². The number of alkyl halides is 1. The second-order valence-electron chi connectivity index (χ2n) is 5.62. The number of anilines is 1. The molecule has 0 bridgehead atoms. The molecule has 6 heteroatoms. The van der Waals surface area contributed by atoms with Crippen molar-refractivity contribution in [1.29, 1.82) is 0 Å². The van der Waals surface area contributed by atoms with E-state index in [-0.39, 0.29) is 5.91 Å². The highest BCUT2D eigenvalue weighted by Crippen LogP contribution is 2.27. The summed E-state index contributed by atoms with van der Waals surface area (Å²) in [6.45, 7) is 1.95. The fraction of sp³-hybridized carbons (Fsp3) is 0.158. The number of amides is 1. The van der Waals surface area contributed by atoms with E-state index in [9.17, 15) is 4.79 Å². The molecule has 0 spiro atoms. The molecule has 2 aromatic rings. The number of rotatable bonds is 4. The molecule has 128 valence electrons. The maximum Gasteiger partial charge on any atom is 0.281 e. The fourth-order valence-electron chi connectivity index (χ4n) is 2.73. The number of aryl methyl sites for hydroxylation is 1. The minimum atomic E-state index is -0.178. The summed E-state index contributed by atoms with van der Waals surface area (Å²) in [7, 11) is 1.60. The highest BCUT2D eigenvalue weighted by Gasteiger charge is 2.32. The molecule has 0 radical (unpaired) electrons. The number of benzene rings is 2. The van der Waals surface area contributed by atoms with Crippen LogP contribution in [0.3, 0.4) is 0 Å². The maximum atomic E-state index is 12.8. The molecule has 1 aliphatic heterocycles. The number of nitrogens with one attached hydrogen (secondary N) is 1. The summed E-state index contributed by atoms with van der Waals surface area (Å²) >= 11 is 11.3. The van der Waals surface area contributed by atoms with Crippen molar-refractivity contribution in [2.45, 2.75) is 12.8 Å². The van der Waals surface area contributed by atoms with Crippen LogP contribution in [0.5, 0.6) is 5.75 Å². The van der Waals surface area contributed by atoms with Gasteiger partial charge in [-0.25, -0.2) is 0 Å². The normalized spacial score (nSPS) is 15.6. The van der Waals surface area contributed by atoms with Crippen molar-refractivity contribution in [3.05, 3.63) is 64.9 Å². The van der Waals surface area contributed by atoms with Gasteiger partial charge in [-0.1, -0.05) is 24.3 Å². The predicted octanol–water partition coefficient (Wildman–Crippen LogP) is 4.00. The first-order chi connectivity index (χ1) is 12.0. The van der Waals surface area contributed by atoms with Crippen molar-refractivity contribution in [2.75, 3.05) is 12.0 Å². The highest BCUT2D eigenvalue weighted by molar-refractivity contribution is 7.80. The minimum absolute atomic E-state index is 0.178. The standard InChI is InChI=1S/C19H17ClN2O2S/c1-12-5-3-4-6-16(12)22-18(23)15(21-19(22)25)10-13-7-8-17(24-2)14(9-13)11-20/h3-10H,11H2,1-2H3,(H,21,25)/b15-10+. The molecule has 0 atom stereocenters. The van der Waals surface area contributed by atoms with Gasteiger partial charge in [-0.3, -0.25) is 9.69 Å². The van der Waals surface area contributed by atoms with Crippen molar-refractivity contribution in [2.24, 2.45) is 0 Å². The van der Waals surface area contributed by atoms with Gasteiger partial charge in [-0.15, -0.1) is 11.6 Å². The van der Waals surface area contributed by atoms with Crippen LogP contribution in [0, 0.1) is 6.92 Å². The average Bonchev–Trinajstić information content (AvgIpc) is 2.89. The summed E-state index contributed by atoms with van der Waals surface area (Å²) in [6.07, 6.45) is 1.77. The number of carbonyl (C=O) groups is 1. The minimum Gasteiger partial charge on any atom is -0.496 e. The summed E-state index contributed by atoms with van der Waals surface area (Å²) in [5, 5.41) is 3.37. The van der Waals surface area contributed by atoms with Gasteiger partial charge in [0.2, 0.25) is 0 Å². The highest BCUT2D eigenvalue weighted by atomic mass is 35.5. The molecule has 0 aromatic heterocycles. The Labute approximate surface area is 157 Å². The van der Waals surface area contributed by atoms with Crippen LogP contribution in [0.4, 0.5) is 5.69 Å². The molecule has 0 unspecified atom stereocenters. The Morgan fingerprint density at radius 2 is 2.04 bits per heavy atom. The Bertz CT molecular complexity index is 879. The fourth-order valence-corrected chi connectivity index (χ4v) is 3.23. The van der Waals surface area contributed by atoms with Crippen LogP contribution in [0.1, 0.15) is 16.7 Å². The summed E-state index contributed by atoms with van der Waals surface area (Å²) in [4.78, 5) is 14.3. The third-order valence-corrected chi connectivity index (χ3v) is 4.57. The Morgan fingerprint density at radius 3 is 2.72 bits per heavy atom. The number of carbonyl (C=O) groups excluding carboxylic acids is 1. The number of halogens is 1. The number of nitrogens with zero attached hydrogens (tertiary/aromatic N) is 1. The molecule has 3 rings (SSSR count). The Kier molecular flexibility index (Phi) is 5.06. The lowest BCUT2D eigenvalue weighted by atomic mass is 10.1. The smallest absolute Gasteiger partial charge is 0.281 e. The third-order valence-electron chi connectivity index (χ3n) is 3.99. The molecule has 1 heterocycles. The van der Waals surface area contributed by atoms with E-state index in [0.29, 0.717) is 16.7 Å². The number of hydrogen-bond donors (Lipinski definition) is 1. The number of thiocarbonyl (C=S) groups is 1. The molecular formula is C19H17ClN2O2S. The lowest BCUT2D eigenvalue weighted by molar-refractivity contribution is -0.113. The first-order valence-corrected chi connectivity index (χ1v) is 8.65. The largest absolute Gasteiger partial charge is 0.496 e. The molecule has 1 N–H and O–H groups in total. The van der Waals surface area contributed by atoms with Crippen molar-refractivity contribution >= 4 is 46.6 Å². The van der Waals surface area contributed by atoms with Crippen LogP contribution in [-0.4, -0.2) is 18.1 Å². The van der Waals surface area contributed by atoms with Crippen molar-refractivity contribution in [1.82, 2.24) is 5.32 Å². The zero-order valence-electron chi connectivity index (χ0n) is 13.9. The van der Waals surface area contributed by atoms with E-state index < -0.39 is 0 Å². The van der Waals surface area contributed by atoms with Crippen LogP contribution in [-0.2, 0) is 10.7 Å². The molecule has 25 heavy (non-hydrogen) atoms. The quantitative estimate of drug-likeness (QED) is 0.500. The van der Waals surface area contributed by atoms with Crippen molar-refractivity contribution in [3.8, 4) is 5.75 Å². The maximum absolute atomic E-state index is 12.8. The topological polar surface area (TPSA) is 41.6 Å². The zero-order chi connectivity index (χ0) is 18.0. The SMILES string of the molecule is COc1ccc(/C=C2/NC(=S)N(c3ccccc3C)C2=O)cc1CCl. The molecule has 1 aliphatic rings. The van der Waals surface area contributed by atoms with E-state index in [1.54, 1.807) is 13.2 Å². The van der Waals surface area contributed by atoms with E-state index in [2.05, 4.69) is 5.32 Å². The van der Waals surface area contributed by atoms with Crippen LogP contribution >= 0.6 is 23.8 Å². The van der Waals surface area contributed by atoms with Gasteiger partial charge in [-0.05, 0) is 54.5 Å². The van der Waals surface area contributed by atoms with Crippen molar-refractivity contribution < 1.29 is 9.53 Å². The number of hydrogen-bond acceptors (Lipinski definition) is 3. The predicted molar refractivity (Wildman–Crippen MR) is 105 cm³/mol. The van der Waals surface area contributed by atoms with Gasteiger partial charge in [0.25, 0.3) is 5.91 Å². The number of ether oxygens (including phenoxy) is 1. The molecular weight excluding hydrogens is 356 g/mol. The second kappa shape index (κ2) is 7.25.